The zero-order valence-corrected chi connectivity index (χ0v) is 7.86. The highest BCUT2D eigenvalue weighted by Crippen LogP contribution is 2.26. The van der Waals surface area contributed by atoms with Crippen molar-refractivity contribution in [3.05, 3.63) is 40.3 Å². The lowest BCUT2D eigenvalue weighted by Gasteiger charge is -1.95. The molecule has 1 heterocycles. The van der Waals surface area contributed by atoms with Crippen LogP contribution in [0.15, 0.2) is 28.8 Å². The average Bonchev–Trinajstić information content (AvgIpc) is 2.77. The van der Waals surface area contributed by atoms with E-state index in [1.165, 1.54) is 18.2 Å². The first-order chi connectivity index (χ1) is 7.72. The summed E-state index contributed by atoms with van der Waals surface area (Å²) in [7, 11) is 0. The van der Waals surface area contributed by atoms with E-state index < -0.39 is 4.92 Å². The van der Waals surface area contributed by atoms with Crippen molar-refractivity contribution < 1.29 is 14.2 Å². The maximum absolute atomic E-state index is 10.7. The van der Waals surface area contributed by atoms with E-state index in [9.17, 15) is 14.9 Å². The minimum absolute atomic E-state index is 0.0226. The molecule has 7 heteroatoms. The Kier molecular flexibility index (Phi) is 2.42. The molecule has 0 aliphatic carbocycles. The topological polar surface area (TPSA) is 99.1 Å². The van der Waals surface area contributed by atoms with Gasteiger partial charge in [-0.25, -0.2) is 0 Å². The maximum Gasteiger partial charge on any atom is 0.291 e. The fourth-order valence-corrected chi connectivity index (χ4v) is 1.21. The number of aromatic nitrogens is 2. The van der Waals surface area contributed by atoms with Crippen molar-refractivity contribution in [1.29, 1.82) is 0 Å². The Morgan fingerprint density at radius 2 is 2.12 bits per heavy atom. The summed E-state index contributed by atoms with van der Waals surface area (Å²) in [6, 6.07) is 5.95. The normalized spacial score (nSPS) is 10.0. The molecule has 0 bridgehead atoms. The summed E-state index contributed by atoms with van der Waals surface area (Å²) in [6.07, 6.45) is 0.380. The number of hydrogen-bond donors (Lipinski definition) is 0. The Morgan fingerprint density at radius 3 is 2.75 bits per heavy atom. The number of hydrogen-bond acceptors (Lipinski definition) is 6. The van der Waals surface area contributed by atoms with Gasteiger partial charge in [-0.15, -0.1) is 0 Å². The van der Waals surface area contributed by atoms with Gasteiger partial charge in [0.1, 0.15) is 5.56 Å². The van der Waals surface area contributed by atoms with Crippen molar-refractivity contribution >= 4 is 12.0 Å². The fraction of sp³-hybridized carbons (Fsp3) is 0. The van der Waals surface area contributed by atoms with E-state index in [1.54, 1.807) is 6.07 Å². The lowest BCUT2D eigenvalue weighted by Crippen LogP contribution is -1.92. The van der Waals surface area contributed by atoms with Crippen LogP contribution in [0.3, 0.4) is 0 Å². The minimum atomic E-state index is -0.549. The van der Waals surface area contributed by atoms with Crippen LogP contribution in [0.2, 0.25) is 0 Å². The van der Waals surface area contributed by atoms with E-state index in [0.717, 1.165) is 0 Å². The molecule has 0 amide bonds. The first kappa shape index (κ1) is 9.97. The molecule has 1 aromatic heterocycles. The van der Waals surface area contributed by atoms with E-state index in [-0.39, 0.29) is 23.0 Å². The van der Waals surface area contributed by atoms with Gasteiger partial charge in [0.2, 0.25) is 12.1 Å². The zero-order chi connectivity index (χ0) is 11.5. The molecule has 1 aromatic carbocycles. The van der Waals surface area contributed by atoms with E-state index in [4.69, 9.17) is 0 Å². The van der Waals surface area contributed by atoms with Gasteiger partial charge in [0.15, 0.2) is 0 Å². The summed E-state index contributed by atoms with van der Waals surface area (Å²) >= 11 is 0. The molecule has 0 atom stereocenters. The molecule has 16 heavy (non-hydrogen) atoms. The first-order valence-corrected chi connectivity index (χ1v) is 4.25. The highest BCUT2D eigenvalue weighted by Gasteiger charge is 2.18. The lowest BCUT2D eigenvalue weighted by atomic mass is 10.2. The number of aldehydes is 1. The molecule has 0 saturated carbocycles. The molecule has 2 aromatic rings. The van der Waals surface area contributed by atoms with Crippen LogP contribution in [0.4, 0.5) is 5.69 Å². The van der Waals surface area contributed by atoms with Crippen LogP contribution in [0.25, 0.3) is 11.4 Å². The molecular weight excluding hydrogens is 214 g/mol. The molecule has 0 spiro atoms. The van der Waals surface area contributed by atoms with Crippen LogP contribution >= 0.6 is 0 Å². The molecule has 7 nitrogen and oxygen atoms in total. The second-order valence-corrected chi connectivity index (χ2v) is 2.85. The first-order valence-electron chi connectivity index (χ1n) is 4.25. The van der Waals surface area contributed by atoms with Crippen LogP contribution < -0.4 is 0 Å². The molecule has 0 aliphatic rings. The standard InChI is InChI=1S/C9H5N3O4/c13-5-8-10-9(11-16-8)6-3-1-2-4-7(6)12(14)15/h1-5H. The van der Waals surface area contributed by atoms with Gasteiger partial charge < -0.3 is 4.52 Å². The van der Waals surface area contributed by atoms with Crippen molar-refractivity contribution in [3.63, 3.8) is 0 Å². The van der Waals surface area contributed by atoms with Crippen molar-refractivity contribution in [3.8, 4) is 11.4 Å². The maximum atomic E-state index is 10.7. The molecule has 80 valence electrons. The Morgan fingerprint density at radius 1 is 1.38 bits per heavy atom. The number of benzene rings is 1. The third-order valence-corrected chi connectivity index (χ3v) is 1.88. The minimum Gasteiger partial charge on any atom is -0.331 e. The van der Waals surface area contributed by atoms with Crippen molar-refractivity contribution in [2.45, 2.75) is 0 Å². The summed E-state index contributed by atoms with van der Waals surface area (Å²) in [5.74, 6) is -0.192. The van der Waals surface area contributed by atoms with Gasteiger partial charge in [0.25, 0.3) is 11.6 Å². The summed E-state index contributed by atoms with van der Waals surface area (Å²) in [4.78, 5) is 24.2. The molecule has 0 saturated heterocycles. The quantitative estimate of drug-likeness (QED) is 0.440. The van der Waals surface area contributed by atoms with Gasteiger partial charge in [-0.2, -0.15) is 4.98 Å². The van der Waals surface area contributed by atoms with Crippen LogP contribution in [0.1, 0.15) is 10.7 Å². The number of nitrogens with zero attached hydrogens (tertiary/aromatic N) is 3. The zero-order valence-electron chi connectivity index (χ0n) is 7.86. The third kappa shape index (κ3) is 1.65. The van der Waals surface area contributed by atoms with Crippen LogP contribution in [0.5, 0.6) is 0 Å². The predicted octanol–water partition coefficient (Wildman–Crippen LogP) is 1.46. The van der Waals surface area contributed by atoms with Gasteiger partial charge >= 0.3 is 0 Å². The lowest BCUT2D eigenvalue weighted by molar-refractivity contribution is -0.384. The smallest absolute Gasteiger partial charge is 0.291 e. The number of rotatable bonds is 3. The molecule has 0 radical (unpaired) electrons. The second-order valence-electron chi connectivity index (χ2n) is 2.85. The van der Waals surface area contributed by atoms with Crippen LogP contribution in [-0.2, 0) is 0 Å². The Labute approximate surface area is 88.9 Å². The molecule has 2 rings (SSSR count). The van der Waals surface area contributed by atoms with E-state index in [1.807, 2.05) is 0 Å². The number of para-hydroxylation sites is 1. The summed E-state index contributed by atoms with van der Waals surface area (Å²) < 4.78 is 4.55. The van der Waals surface area contributed by atoms with E-state index >= 15 is 0 Å². The SMILES string of the molecule is O=Cc1nc(-c2ccccc2[N+](=O)[O-])no1. The van der Waals surface area contributed by atoms with E-state index in [2.05, 4.69) is 14.7 Å². The van der Waals surface area contributed by atoms with Gasteiger partial charge in [-0.1, -0.05) is 17.3 Å². The highest BCUT2D eigenvalue weighted by molar-refractivity contribution is 5.71. The Bertz CT molecular complexity index is 549. The monoisotopic (exact) mass is 219 g/mol. The fourth-order valence-electron chi connectivity index (χ4n) is 1.21. The summed E-state index contributed by atoms with van der Waals surface area (Å²) in [5, 5.41) is 14.2. The van der Waals surface area contributed by atoms with Crippen LogP contribution in [-0.4, -0.2) is 21.4 Å². The molecule has 0 unspecified atom stereocenters. The average molecular weight is 219 g/mol. The Hall–Kier alpha value is -2.57. The number of carbonyl (C=O) groups is 1. The molecule has 0 fully saturated rings. The molecular formula is C9H5N3O4. The van der Waals surface area contributed by atoms with Gasteiger partial charge in [-0.05, 0) is 6.07 Å². The van der Waals surface area contributed by atoms with E-state index in [0.29, 0.717) is 6.29 Å². The summed E-state index contributed by atoms with van der Waals surface area (Å²) in [6.45, 7) is 0. The van der Waals surface area contributed by atoms with Gasteiger partial charge in [0, 0.05) is 6.07 Å². The second kappa shape index (κ2) is 3.89. The van der Waals surface area contributed by atoms with Crippen LogP contribution in [0, 0.1) is 10.1 Å². The Balaban J connectivity index is 2.54. The number of carbonyl (C=O) groups excluding carboxylic acids is 1. The van der Waals surface area contributed by atoms with Crippen molar-refractivity contribution in [2.24, 2.45) is 0 Å². The van der Waals surface area contributed by atoms with Crippen molar-refractivity contribution in [1.82, 2.24) is 10.1 Å². The predicted molar refractivity (Wildman–Crippen MR) is 51.8 cm³/mol. The van der Waals surface area contributed by atoms with Gasteiger partial charge in [-0.3, -0.25) is 14.9 Å². The molecule has 0 aliphatic heterocycles. The number of nitro groups is 1. The summed E-state index contributed by atoms with van der Waals surface area (Å²) in [5.41, 5.74) is 0.0742. The highest BCUT2D eigenvalue weighted by atomic mass is 16.6. The molecule has 0 N–H and O–H groups in total. The third-order valence-electron chi connectivity index (χ3n) is 1.88. The van der Waals surface area contributed by atoms with Gasteiger partial charge in [0.05, 0.1) is 4.92 Å². The largest absolute Gasteiger partial charge is 0.331 e. The number of nitro benzene ring substituents is 1. The van der Waals surface area contributed by atoms with Crippen molar-refractivity contribution in [2.75, 3.05) is 0 Å².